The van der Waals surface area contributed by atoms with Crippen molar-refractivity contribution < 1.29 is 47.5 Å². The normalized spacial score (nSPS) is 32.4. The molecule has 214 valence electrons. The van der Waals surface area contributed by atoms with E-state index in [1.54, 1.807) is 13.2 Å². The van der Waals surface area contributed by atoms with E-state index in [1.807, 2.05) is 11.9 Å². The summed E-state index contributed by atoms with van der Waals surface area (Å²) in [4.78, 5) is 58.3. The Morgan fingerprint density at radius 3 is 2.27 bits per heavy atom. The number of nitrogens with zero attached hydrogens (tertiary/aromatic N) is 1. The third-order valence-electron chi connectivity index (χ3n) is 6.42. The molecule has 0 radical (unpaired) electrons. The number of ether oxygens (including phenoxy) is 3. The summed E-state index contributed by atoms with van der Waals surface area (Å²) in [6.07, 6.45) is -1.15. The zero-order valence-corrected chi connectivity index (χ0v) is 24.3. The number of phosphoric acid groups is 1. The Bertz CT molecular complexity index is 861. The second-order valence-electron chi connectivity index (χ2n) is 9.47. The van der Waals surface area contributed by atoms with Crippen molar-refractivity contribution in [3.63, 3.8) is 0 Å². The van der Waals surface area contributed by atoms with Crippen LogP contribution in [0.2, 0.25) is 0 Å². The molecule has 0 aromatic heterocycles. The molecule has 2 saturated heterocycles. The molecule has 0 bridgehead atoms. The van der Waals surface area contributed by atoms with Crippen molar-refractivity contribution >= 4 is 49.0 Å². The van der Waals surface area contributed by atoms with Crippen molar-refractivity contribution in [1.82, 2.24) is 10.2 Å². The van der Waals surface area contributed by atoms with Gasteiger partial charge in [0.15, 0.2) is 12.2 Å². The molecule has 2 rings (SSSR count). The van der Waals surface area contributed by atoms with Gasteiger partial charge < -0.3 is 29.3 Å². The lowest BCUT2D eigenvalue weighted by molar-refractivity contribution is -0.226. The molecule has 9 atom stereocenters. The molecule has 2 fully saturated rings. The molecule has 2 aliphatic rings. The smallest absolute Gasteiger partial charge is 0.456 e. The highest BCUT2D eigenvalue weighted by Gasteiger charge is 2.55. The maximum atomic E-state index is 13.4. The fourth-order valence-corrected chi connectivity index (χ4v) is 6.54. The van der Waals surface area contributed by atoms with Gasteiger partial charge in [0.2, 0.25) is 5.91 Å². The summed E-state index contributed by atoms with van der Waals surface area (Å²) in [6, 6.07) is -1.31. The lowest BCUT2D eigenvalue weighted by atomic mass is 9.92. The molecule has 3 N–H and O–H groups in total. The van der Waals surface area contributed by atoms with Crippen LogP contribution in [0.1, 0.15) is 47.0 Å². The first kappa shape index (κ1) is 32.3. The SMILES string of the molecule is CCC[C@@H]1C[C@@H](C(=O)N[C@@H]([C@H]2O[C@H](SC)[C@H](OP(=O)(O)O)[C@@H](OC(C)=O)[C@H]2OC(C)=O)[C@H](C)Cl)N(C)C1. The fraction of sp³-hybridized carbons (Fsp3) is 0.864. The molecule has 37 heavy (non-hydrogen) atoms. The number of halogens is 1. The maximum absolute atomic E-state index is 13.4. The lowest BCUT2D eigenvalue weighted by Crippen LogP contribution is -2.67. The van der Waals surface area contributed by atoms with Crippen LogP contribution < -0.4 is 5.32 Å². The highest BCUT2D eigenvalue weighted by atomic mass is 35.5. The molecular formula is C22H38ClN2O10PS. The third kappa shape index (κ3) is 9.06. The van der Waals surface area contributed by atoms with Crippen LogP contribution in [0.3, 0.4) is 0 Å². The molecule has 0 aromatic carbocycles. The molecule has 0 saturated carbocycles. The molecule has 12 nitrogen and oxygen atoms in total. The quantitative estimate of drug-likeness (QED) is 0.182. The number of amides is 1. The van der Waals surface area contributed by atoms with Crippen LogP contribution in [0.5, 0.6) is 0 Å². The van der Waals surface area contributed by atoms with Crippen LogP contribution in [-0.4, -0.2) is 99.7 Å². The van der Waals surface area contributed by atoms with Crippen molar-refractivity contribution in [2.75, 3.05) is 19.8 Å². The fourth-order valence-electron chi connectivity index (χ4n) is 4.99. The third-order valence-corrected chi connectivity index (χ3v) is 8.05. The predicted octanol–water partition coefficient (Wildman–Crippen LogP) is 1.65. The van der Waals surface area contributed by atoms with Gasteiger partial charge in [-0.2, -0.15) is 0 Å². The summed E-state index contributed by atoms with van der Waals surface area (Å²) in [6.45, 7) is 6.74. The van der Waals surface area contributed by atoms with E-state index in [1.165, 1.54) is 0 Å². The number of likely N-dealkylation sites (N-methyl/N-ethyl adjacent to an activating group) is 1. The maximum Gasteiger partial charge on any atom is 0.470 e. The van der Waals surface area contributed by atoms with Gasteiger partial charge in [-0.25, -0.2) is 4.57 Å². The molecular weight excluding hydrogens is 551 g/mol. The van der Waals surface area contributed by atoms with E-state index in [0.717, 1.165) is 45.0 Å². The van der Waals surface area contributed by atoms with Gasteiger partial charge in [-0.1, -0.05) is 13.3 Å². The van der Waals surface area contributed by atoms with Crippen LogP contribution in [0, 0.1) is 5.92 Å². The molecule has 0 aliphatic carbocycles. The van der Waals surface area contributed by atoms with Gasteiger partial charge in [-0.05, 0) is 39.0 Å². The van der Waals surface area contributed by atoms with Crippen LogP contribution in [-0.2, 0) is 37.7 Å². The monoisotopic (exact) mass is 588 g/mol. The van der Waals surface area contributed by atoms with Gasteiger partial charge in [-0.15, -0.1) is 23.4 Å². The van der Waals surface area contributed by atoms with Gasteiger partial charge >= 0.3 is 19.8 Å². The molecule has 15 heteroatoms. The predicted molar refractivity (Wildman–Crippen MR) is 137 cm³/mol. The second kappa shape index (κ2) is 13.9. The number of carbonyl (C=O) groups excluding carboxylic acids is 3. The Labute approximate surface area is 226 Å². The summed E-state index contributed by atoms with van der Waals surface area (Å²) in [7, 11) is -3.19. The average Bonchev–Trinajstić information content (AvgIpc) is 3.13. The van der Waals surface area contributed by atoms with E-state index < -0.39 is 67.1 Å². The minimum Gasteiger partial charge on any atom is -0.456 e. The highest BCUT2D eigenvalue weighted by molar-refractivity contribution is 7.99. The first-order valence-electron chi connectivity index (χ1n) is 12.1. The number of hydrogen-bond acceptors (Lipinski definition) is 10. The van der Waals surface area contributed by atoms with Gasteiger partial charge in [-0.3, -0.25) is 23.8 Å². The van der Waals surface area contributed by atoms with Crippen molar-refractivity contribution in [1.29, 1.82) is 0 Å². The van der Waals surface area contributed by atoms with Gasteiger partial charge in [0.25, 0.3) is 0 Å². The first-order chi connectivity index (χ1) is 17.2. The average molecular weight is 589 g/mol. The number of phosphoric ester groups is 1. The summed E-state index contributed by atoms with van der Waals surface area (Å²) >= 11 is 7.56. The number of esters is 2. The highest BCUT2D eigenvalue weighted by Crippen LogP contribution is 2.45. The Kier molecular flexibility index (Phi) is 12.2. The zero-order chi connectivity index (χ0) is 28.1. The van der Waals surface area contributed by atoms with Crippen LogP contribution in [0.25, 0.3) is 0 Å². The van der Waals surface area contributed by atoms with Gasteiger partial charge in [0.1, 0.15) is 17.6 Å². The summed E-state index contributed by atoms with van der Waals surface area (Å²) in [5.41, 5.74) is -1.06. The summed E-state index contributed by atoms with van der Waals surface area (Å²) in [5.74, 6) is -1.45. The molecule has 0 unspecified atom stereocenters. The Morgan fingerprint density at radius 2 is 1.78 bits per heavy atom. The van der Waals surface area contributed by atoms with E-state index in [2.05, 4.69) is 12.2 Å². The number of rotatable bonds is 11. The van der Waals surface area contributed by atoms with Crippen molar-refractivity contribution in [2.24, 2.45) is 5.92 Å². The van der Waals surface area contributed by atoms with E-state index in [-0.39, 0.29) is 5.91 Å². The summed E-state index contributed by atoms with van der Waals surface area (Å²) < 4.78 is 33.6. The molecule has 2 heterocycles. The Hall–Kier alpha value is -0.920. The van der Waals surface area contributed by atoms with Crippen LogP contribution in [0.15, 0.2) is 0 Å². The zero-order valence-electron chi connectivity index (χ0n) is 21.9. The Balaban J connectivity index is 2.42. The van der Waals surface area contributed by atoms with Crippen LogP contribution in [0.4, 0.5) is 0 Å². The Morgan fingerprint density at radius 1 is 1.19 bits per heavy atom. The van der Waals surface area contributed by atoms with Gasteiger partial charge in [0, 0.05) is 20.4 Å². The minimum atomic E-state index is -5.07. The standard InChI is InChI=1S/C22H38ClN2O10PS/c1-7-8-14-9-15(25(5)10-14)21(28)24-16(11(2)23)17-18(32-12(3)26)19(33-13(4)27)20(22(34-17)37-6)35-36(29,30)31/h11,14-20,22H,7-10H2,1-6H3,(H,24,28)(H2,29,30,31)/t11-,14+,15-,16+,17+,18-,19-,20+,22+/m0/s1. The molecule has 2 aliphatic heterocycles. The largest absolute Gasteiger partial charge is 0.470 e. The number of likely N-dealkylation sites (tertiary alicyclic amines) is 1. The number of nitrogens with one attached hydrogen (secondary N) is 1. The first-order valence-corrected chi connectivity index (χ1v) is 15.3. The van der Waals surface area contributed by atoms with E-state index in [4.69, 9.17) is 30.3 Å². The minimum absolute atomic E-state index is 0.276. The number of thioether (sulfide) groups is 1. The molecule has 1 amide bonds. The summed E-state index contributed by atoms with van der Waals surface area (Å²) in [5, 5.41) is 2.20. The molecule has 0 spiro atoms. The van der Waals surface area contributed by atoms with Crippen LogP contribution >= 0.6 is 31.2 Å². The van der Waals surface area contributed by atoms with E-state index >= 15 is 0 Å². The topological polar surface area (TPSA) is 161 Å². The lowest BCUT2D eigenvalue weighted by Gasteiger charge is -2.47. The molecule has 0 aromatic rings. The van der Waals surface area contributed by atoms with E-state index in [9.17, 15) is 28.7 Å². The number of carbonyl (C=O) groups is 3. The van der Waals surface area contributed by atoms with E-state index in [0.29, 0.717) is 12.3 Å². The van der Waals surface area contributed by atoms with Crippen molar-refractivity contribution in [2.45, 2.75) is 94.3 Å². The number of hydrogen-bond donors (Lipinski definition) is 3. The van der Waals surface area contributed by atoms with Gasteiger partial charge in [0.05, 0.1) is 17.5 Å². The van der Waals surface area contributed by atoms with Crippen molar-refractivity contribution in [3.8, 4) is 0 Å². The second-order valence-corrected chi connectivity index (χ2v) is 12.3. The van der Waals surface area contributed by atoms with Crippen molar-refractivity contribution in [3.05, 3.63) is 0 Å². The number of alkyl halides is 1.